The fourth-order valence-corrected chi connectivity index (χ4v) is 9.53. The lowest BCUT2D eigenvalue weighted by molar-refractivity contribution is -0.116. The van der Waals surface area contributed by atoms with Gasteiger partial charge < -0.3 is 10.2 Å². The van der Waals surface area contributed by atoms with E-state index in [9.17, 15) is 47.2 Å². The van der Waals surface area contributed by atoms with E-state index in [1.165, 1.54) is 86.6 Å². The Morgan fingerprint density at radius 2 is 1.25 bits per heavy atom. The number of nitrogens with zero attached hydrogens (tertiary/aromatic N) is 7. The van der Waals surface area contributed by atoms with Crippen molar-refractivity contribution in [1.82, 2.24) is 4.57 Å². The predicted octanol–water partition coefficient (Wildman–Crippen LogP) is 11.0. The number of aliphatic hydroxyl groups is 1. The summed E-state index contributed by atoms with van der Waals surface area (Å²) in [5.41, 5.74) is -2.20. The van der Waals surface area contributed by atoms with Crippen molar-refractivity contribution in [3.63, 3.8) is 0 Å². The zero-order valence-electron chi connectivity index (χ0n) is 38.8. The number of pyridine rings is 1. The summed E-state index contributed by atoms with van der Waals surface area (Å²) in [6, 6.07) is 20.2. The maximum atomic E-state index is 13.9. The Labute approximate surface area is 397 Å². The normalized spacial score (nSPS) is 15.5. The molecule has 1 aromatic heterocycles. The SMILES string of the molecule is CCCCC(CC)COS(=O)(=O)c1cccc(/N=N/C2=C(O)C(c3cccc(-n4c(O)c(/N=N/c5cccc(S(=O)(=O)OCC(CC)CCCC)c5)c(C)c(C#N)c4=O)c3)C(=O)C(C#N)=C2C)c1. The molecule has 0 radical (unpaired) electrons. The molecule has 0 amide bonds. The van der Waals surface area contributed by atoms with Crippen LogP contribution in [0.4, 0.5) is 17.1 Å². The maximum absolute atomic E-state index is 13.9. The third-order valence-electron chi connectivity index (χ3n) is 11.8. The Kier molecular flexibility index (Phi) is 18.0. The van der Waals surface area contributed by atoms with E-state index in [2.05, 4.69) is 34.3 Å². The van der Waals surface area contributed by atoms with Gasteiger partial charge in [0.15, 0.2) is 11.5 Å². The van der Waals surface area contributed by atoms with E-state index in [0.717, 1.165) is 55.9 Å². The number of carbonyl (C=O) groups is 1. The number of azo groups is 2. The number of carbonyl (C=O) groups excluding carboxylic acids is 1. The van der Waals surface area contributed by atoms with Gasteiger partial charge in [0.1, 0.15) is 40.6 Å². The first kappa shape index (κ1) is 52.3. The number of allylic oxidation sites excluding steroid dienone is 3. The monoisotopic (exact) mass is 965 g/mol. The first-order chi connectivity index (χ1) is 32.5. The summed E-state index contributed by atoms with van der Waals surface area (Å²) in [5, 5.41) is 60.1. The van der Waals surface area contributed by atoms with Gasteiger partial charge in [0.25, 0.3) is 25.8 Å². The number of ketones is 1. The van der Waals surface area contributed by atoms with Gasteiger partial charge in [-0.05, 0) is 92.6 Å². The number of hydrogen-bond acceptors (Lipinski definition) is 16. The molecule has 19 heteroatoms. The Hall–Kier alpha value is -6.64. The number of unbranched alkanes of at least 4 members (excludes halogenated alkanes) is 2. The highest BCUT2D eigenvalue weighted by Crippen LogP contribution is 2.40. The minimum absolute atomic E-state index is 0.000202. The first-order valence-corrected chi connectivity index (χ1v) is 25.2. The highest BCUT2D eigenvalue weighted by atomic mass is 32.2. The largest absolute Gasteiger partial charge is 0.509 e. The summed E-state index contributed by atoms with van der Waals surface area (Å²) in [6.45, 7) is 10.9. The van der Waals surface area contributed by atoms with Crippen molar-refractivity contribution in [2.24, 2.45) is 32.3 Å². The molecule has 1 aliphatic rings. The highest BCUT2D eigenvalue weighted by molar-refractivity contribution is 7.87. The molecule has 2 N–H and O–H groups in total. The minimum atomic E-state index is -4.17. The molecule has 1 heterocycles. The molecular formula is C49H55N7O10S2. The molecule has 68 heavy (non-hydrogen) atoms. The van der Waals surface area contributed by atoms with Gasteiger partial charge in [-0.25, -0.2) is 4.57 Å². The van der Waals surface area contributed by atoms with Gasteiger partial charge in [-0.1, -0.05) is 90.5 Å². The molecule has 0 spiro atoms. The van der Waals surface area contributed by atoms with Crippen LogP contribution in [0.5, 0.6) is 5.88 Å². The molecule has 3 unspecified atom stereocenters. The molecule has 1 aliphatic carbocycles. The van der Waals surface area contributed by atoms with Gasteiger partial charge in [-0.2, -0.15) is 37.6 Å². The lowest BCUT2D eigenvalue weighted by Crippen LogP contribution is -2.25. The van der Waals surface area contributed by atoms with Gasteiger partial charge in [0, 0.05) is 11.1 Å². The predicted molar refractivity (Wildman–Crippen MR) is 253 cm³/mol. The molecule has 0 bridgehead atoms. The van der Waals surface area contributed by atoms with Crippen LogP contribution in [0.25, 0.3) is 5.69 Å². The summed E-state index contributed by atoms with van der Waals surface area (Å²) < 4.78 is 64.1. The molecule has 3 atom stereocenters. The molecule has 0 saturated carbocycles. The van der Waals surface area contributed by atoms with Crippen molar-refractivity contribution in [3.8, 4) is 23.7 Å². The van der Waals surface area contributed by atoms with Crippen molar-refractivity contribution in [2.45, 2.75) is 109 Å². The second-order valence-electron chi connectivity index (χ2n) is 16.4. The number of aromatic hydroxyl groups is 1. The van der Waals surface area contributed by atoms with E-state index in [1.807, 2.05) is 26.0 Å². The van der Waals surface area contributed by atoms with Gasteiger partial charge in [0.05, 0.1) is 40.1 Å². The van der Waals surface area contributed by atoms with Crippen LogP contribution in [0.15, 0.2) is 130 Å². The first-order valence-electron chi connectivity index (χ1n) is 22.4. The summed E-state index contributed by atoms with van der Waals surface area (Å²) in [7, 11) is -8.35. The Morgan fingerprint density at radius 3 is 1.75 bits per heavy atom. The van der Waals surface area contributed by atoms with Gasteiger partial charge >= 0.3 is 0 Å². The van der Waals surface area contributed by atoms with Crippen LogP contribution in [-0.4, -0.2) is 50.6 Å². The average Bonchev–Trinajstić information content (AvgIpc) is 3.32. The van der Waals surface area contributed by atoms with Crippen molar-refractivity contribution in [3.05, 3.63) is 122 Å². The molecular weight excluding hydrogens is 911 g/mol. The second kappa shape index (κ2) is 23.4. The van der Waals surface area contributed by atoms with E-state index < -0.39 is 54.7 Å². The summed E-state index contributed by atoms with van der Waals surface area (Å²) in [4.78, 5) is 27.4. The van der Waals surface area contributed by atoms with E-state index in [0.29, 0.717) is 0 Å². The van der Waals surface area contributed by atoms with Crippen LogP contribution < -0.4 is 5.56 Å². The van der Waals surface area contributed by atoms with Gasteiger partial charge in [-0.3, -0.25) is 18.0 Å². The van der Waals surface area contributed by atoms with Crippen molar-refractivity contribution in [1.29, 1.82) is 10.5 Å². The summed E-state index contributed by atoms with van der Waals surface area (Å²) in [6.07, 6.45) is 6.98. The van der Waals surface area contributed by atoms with Crippen LogP contribution in [0.2, 0.25) is 0 Å². The Bertz CT molecular complexity index is 3040. The zero-order valence-corrected chi connectivity index (χ0v) is 40.5. The summed E-state index contributed by atoms with van der Waals surface area (Å²) >= 11 is 0. The van der Waals surface area contributed by atoms with Crippen molar-refractivity contribution < 1.29 is 40.2 Å². The highest BCUT2D eigenvalue weighted by Gasteiger charge is 2.37. The van der Waals surface area contributed by atoms with Crippen LogP contribution in [-0.2, 0) is 33.4 Å². The van der Waals surface area contributed by atoms with E-state index >= 15 is 0 Å². The number of nitriles is 2. The number of aliphatic hydroxyl groups excluding tert-OH is 1. The van der Waals surface area contributed by atoms with Gasteiger partial charge in [-0.15, -0.1) is 10.2 Å². The van der Waals surface area contributed by atoms with E-state index in [4.69, 9.17) is 8.37 Å². The quantitative estimate of drug-likeness (QED) is 0.0550. The standard InChI is InChI=1S/C49H55N7O10S2/c1-7-11-16-33(9-3)29-65-67(61,62)39-22-14-19-36(25-39)52-54-44-31(5)41(27-50)46(57)43(47(44)58)35-18-13-21-38(24-35)56-48(59)42(28-51)32(6)45(49(56)60)55-53-37-20-15-23-40(26-37)68(63,64)66-30-34(10-4)17-12-8-2/h13-15,18-26,33-34,43,58,60H,7-12,16-17,29-30H2,1-6H3/b54-52+,55-53+. The molecule has 5 rings (SSSR count). The lowest BCUT2D eigenvalue weighted by atomic mass is 9.81. The van der Waals surface area contributed by atoms with Gasteiger partial charge in [0.2, 0.25) is 5.88 Å². The molecule has 3 aromatic carbocycles. The molecule has 0 fully saturated rings. The van der Waals surface area contributed by atoms with E-state index in [1.54, 1.807) is 0 Å². The minimum Gasteiger partial charge on any atom is -0.509 e. The van der Waals surface area contributed by atoms with Crippen LogP contribution in [0.3, 0.4) is 0 Å². The Morgan fingerprint density at radius 1 is 0.721 bits per heavy atom. The number of benzene rings is 3. The fourth-order valence-electron chi connectivity index (χ4n) is 7.49. The molecule has 4 aromatic rings. The van der Waals surface area contributed by atoms with Crippen molar-refractivity contribution in [2.75, 3.05) is 13.2 Å². The Balaban J connectivity index is 1.49. The summed E-state index contributed by atoms with van der Waals surface area (Å²) in [5.74, 6) is -3.61. The third-order valence-corrected chi connectivity index (χ3v) is 14.3. The third kappa shape index (κ3) is 12.1. The number of hydrogen-bond donors (Lipinski definition) is 2. The van der Waals surface area contributed by atoms with E-state index in [-0.39, 0.29) is 85.6 Å². The number of rotatable bonds is 22. The van der Waals surface area contributed by atoms with Crippen LogP contribution in [0.1, 0.15) is 109 Å². The second-order valence-corrected chi connectivity index (χ2v) is 19.6. The maximum Gasteiger partial charge on any atom is 0.297 e. The number of Topliss-reactive ketones (excluding diaryl/α,β-unsaturated/α-hetero) is 1. The molecule has 0 saturated heterocycles. The zero-order chi connectivity index (χ0) is 49.8. The average molecular weight is 966 g/mol. The molecule has 358 valence electrons. The topological polar surface area (TPSA) is 263 Å². The lowest BCUT2D eigenvalue weighted by Gasteiger charge is -2.23. The fraction of sp³-hybridized carbons (Fsp3) is 0.388. The molecule has 0 aliphatic heterocycles. The van der Waals surface area contributed by atoms with Crippen LogP contribution in [0, 0.1) is 41.4 Å². The van der Waals surface area contributed by atoms with Crippen LogP contribution >= 0.6 is 0 Å². The smallest absolute Gasteiger partial charge is 0.297 e. The number of aromatic nitrogens is 1. The van der Waals surface area contributed by atoms with Crippen molar-refractivity contribution >= 4 is 43.1 Å². The molecule has 17 nitrogen and oxygen atoms in total.